The van der Waals surface area contributed by atoms with Gasteiger partial charge in [-0.25, -0.2) is 26.6 Å². The summed E-state index contributed by atoms with van der Waals surface area (Å²) in [6, 6.07) is 6.67. The topological polar surface area (TPSA) is 103 Å². The molecule has 1 amide bonds. The van der Waals surface area contributed by atoms with E-state index in [9.17, 15) is 22.0 Å². The molecule has 0 aliphatic rings. The van der Waals surface area contributed by atoms with E-state index in [1.807, 2.05) is 4.72 Å². The SMILES string of the molecule is COc1ccc(Cl)c(S(=O)(=O)NC(=O)c2nnn(-c3ccc(F)cc3F)c2C)c1. The number of carbonyl (C=O) groups is 1. The van der Waals surface area contributed by atoms with E-state index in [1.54, 1.807) is 0 Å². The van der Waals surface area contributed by atoms with Crippen LogP contribution in [0.5, 0.6) is 5.75 Å². The number of rotatable bonds is 5. The van der Waals surface area contributed by atoms with Gasteiger partial charge in [0.1, 0.15) is 22.1 Å². The normalized spacial score (nSPS) is 11.3. The van der Waals surface area contributed by atoms with E-state index in [2.05, 4.69) is 10.3 Å². The van der Waals surface area contributed by atoms with Gasteiger partial charge in [-0.15, -0.1) is 5.10 Å². The lowest BCUT2D eigenvalue weighted by atomic mass is 10.2. The zero-order valence-electron chi connectivity index (χ0n) is 15.0. The summed E-state index contributed by atoms with van der Waals surface area (Å²) in [7, 11) is -3.03. The van der Waals surface area contributed by atoms with Crippen LogP contribution in [0.15, 0.2) is 41.3 Å². The van der Waals surface area contributed by atoms with E-state index in [1.165, 1.54) is 26.2 Å². The molecule has 0 saturated carbocycles. The third-order valence-electron chi connectivity index (χ3n) is 3.90. The Morgan fingerprint density at radius 1 is 1.21 bits per heavy atom. The van der Waals surface area contributed by atoms with Crippen LogP contribution < -0.4 is 9.46 Å². The summed E-state index contributed by atoms with van der Waals surface area (Å²) < 4.78 is 59.9. The predicted molar refractivity (Wildman–Crippen MR) is 98.7 cm³/mol. The number of methoxy groups -OCH3 is 1. The van der Waals surface area contributed by atoms with Crippen molar-refractivity contribution in [3.05, 3.63) is 64.4 Å². The Balaban J connectivity index is 1.93. The third kappa shape index (κ3) is 4.05. The number of amides is 1. The van der Waals surface area contributed by atoms with Crippen LogP contribution in [0.1, 0.15) is 16.2 Å². The molecule has 8 nitrogen and oxygen atoms in total. The first kappa shape index (κ1) is 20.7. The number of aromatic nitrogens is 3. The van der Waals surface area contributed by atoms with E-state index in [0.29, 0.717) is 6.07 Å². The van der Waals surface area contributed by atoms with Crippen LogP contribution >= 0.6 is 11.6 Å². The highest BCUT2D eigenvalue weighted by molar-refractivity contribution is 7.90. The molecule has 3 aromatic rings. The molecule has 1 heterocycles. The fraction of sp³-hybridized carbons (Fsp3) is 0.118. The highest BCUT2D eigenvalue weighted by Crippen LogP contribution is 2.26. The first-order valence-electron chi connectivity index (χ1n) is 7.92. The van der Waals surface area contributed by atoms with Crippen molar-refractivity contribution in [1.29, 1.82) is 0 Å². The van der Waals surface area contributed by atoms with Crippen LogP contribution in [-0.2, 0) is 10.0 Å². The van der Waals surface area contributed by atoms with E-state index < -0.39 is 27.6 Å². The van der Waals surface area contributed by atoms with Crippen molar-refractivity contribution in [1.82, 2.24) is 19.7 Å². The molecule has 1 N–H and O–H groups in total. The molecule has 0 radical (unpaired) electrons. The lowest BCUT2D eigenvalue weighted by Crippen LogP contribution is -2.31. The molecule has 3 rings (SSSR count). The highest BCUT2D eigenvalue weighted by Gasteiger charge is 2.26. The maximum absolute atomic E-state index is 14.0. The molecule has 0 saturated heterocycles. The van der Waals surface area contributed by atoms with Gasteiger partial charge in [-0.05, 0) is 31.2 Å². The number of hydrogen-bond acceptors (Lipinski definition) is 6. The monoisotopic (exact) mass is 442 g/mol. The molecule has 0 spiro atoms. The first-order chi connectivity index (χ1) is 13.6. The molecule has 0 aliphatic heterocycles. The summed E-state index contributed by atoms with van der Waals surface area (Å²) in [5, 5.41) is 7.13. The molecule has 2 aromatic carbocycles. The van der Waals surface area contributed by atoms with Crippen LogP contribution in [0.4, 0.5) is 8.78 Å². The van der Waals surface area contributed by atoms with Gasteiger partial charge in [-0.2, -0.15) is 0 Å². The molecule has 29 heavy (non-hydrogen) atoms. The first-order valence-corrected chi connectivity index (χ1v) is 9.78. The zero-order valence-corrected chi connectivity index (χ0v) is 16.6. The number of sulfonamides is 1. The summed E-state index contributed by atoms with van der Waals surface area (Å²) >= 11 is 5.92. The number of benzene rings is 2. The van der Waals surface area contributed by atoms with Gasteiger partial charge >= 0.3 is 0 Å². The molecule has 0 bridgehead atoms. The van der Waals surface area contributed by atoms with Crippen molar-refractivity contribution in [2.45, 2.75) is 11.8 Å². The Labute approximate surface area is 169 Å². The summed E-state index contributed by atoms with van der Waals surface area (Å²) in [5.41, 5.74) is -0.481. The van der Waals surface area contributed by atoms with Gasteiger partial charge in [0.15, 0.2) is 11.5 Å². The van der Waals surface area contributed by atoms with Crippen molar-refractivity contribution in [2.75, 3.05) is 7.11 Å². The number of nitrogens with zero attached hydrogens (tertiary/aromatic N) is 3. The maximum Gasteiger partial charge on any atom is 0.287 e. The number of halogens is 3. The number of ether oxygens (including phenoxy) is 1. The Bertz CT molecular complexity index is 1210. The lowest BCUT2D eigenvalue weighted by molar-refractivity contribution is 0.0976. The van der Waals surface area contributed by atoms with Gasteiger partial charge in [0.25, 0.3) is 15.9 Å². The minimum Gasteiger partial charge on any atom is -0.497 e. The van der Waals surface area contributed by atoms with Crippen LogP contribution in [0.25, 0.3) is 5.69 Å². The second kappa shape index (κ2) is 7.76. The number of nitrogens with one attached hydrogen (secondary N) is 1. The number of carbonyl (C=O) groups excluding carboxylic acids is 1. The van der Waals surface area contributed by atoms with Crippen molar-refractivity contribution >= 4 is 27.5 Å². The second-order valence-corrected chi connectivity index (χ2v) is 7.82. The quantitative estimate of drug-likeness (QED) is 0.651. The molecule has 0 atom stereocenters. The van der Waals surface area contributed by atoms with Crippen molar-refractivity contribution in [3.63, 3.8) is 0 Å². The molecular weight excluding hydrogens is 430 g/mol. The smallest absolute Gasteiger partial charge is 0.287 e. The molecule has 0 fully saturated rings. The van der Waals surface area contributed by atoms with E-state index in [0.717, 1.165) is 22.9 Å². The van der Waals surface area contributed by atoms with Crippen LogP contribution in [0.2, 0.25) is 5.02 Å². The Kier molecular flexibility index (Phi) is 5.53. The van der Waals surface area contributed by atoms with E-state index in [4.69, 9.17) is 16.3 Å². The Morgan fingerprint density at radius 2 is 1.93 bits per heavy atom. The van der Waals surface area contributed by atoms with Gasteiger partial charge < -0.3 is 4.74 Å². The predicted octanol–water partition coefficient (Wildman–Crippen LogP) is 2.63. The molecule has 1 aromatic heterocycles. The van der Waals surface area contributed by atoms with Crippen molar-refractivity contribution in [2.24, 2.45) is 0 Å². The van der Waals surface area contributed by atoms with Crippen LogP contribution in [-0.4, -0.2) is 36.4 Å². The largest absolute Gasteiger partial charge is 0.497 e. The summed E-state index contributed by atoms with van der Waals surface area (Å²) in [6.07, 6.45) is 0. The minimum absolute atomic E-state index is 0.0416. The van der Waals surface area contributed by atoms with Gasteiger partial charge in [0.05, 0.1) is 17.8 Å². The fourth-order valence-corrected chi connectivity index (χ4v) is 3.93. The molecule has 0 unspecified atom stereocenters. The van der Waals surface area contributed by atoms with Crippen LogP contribution in [0, 0.1) is 18.6 Å². The van der Waals surface area contributed by atoms with Gasteiger partial charge in [-0.1, -0.05) is 16.8 Å². The van der Waals surface area contributed by atoms with Crippen molar-refractivity contribution < 1.29 is 26.7 Å². The average molecular weight is 443 g/mol. The molecule has 0 aliphatic carbocycles. The standard InChI is InChI=1S/C17H13ClF2N4O4S/c1-9-16(21-23-24(9)14-6-3-10(19)7-13(14)20)17(25)22-29(26,27)15-8-11(28-2)4-5-12(15)18/h3-8H,1-2H3,(H,22,25). The van der Waals surface area contributed by atoms with Gasteiger partial charge in [0, 0.05) is 12.1 Å². The maximum atomic E-state index is 14.0. The van der Waals surface area contributed by atoms with Gasteiger partial charge in [0.2, 0.25) is 0 Å². The number of hydrogen-bond donors (Lipinski definition) is 1. The molecule has 152 valence electrons. The Morgan fingerprint density at radius 3 is 2.59 bits per heavy atom. The second-order valence-electron chi connectivity index (χ2n) is 5.76. The lowest BCUT2D eigenvalue weighted by Gasteiger charge is -2.09. The molecule has 12 heteroatoms. The minimum atomic E-state index is -4.37. The fourth-order valence-electron chi connectivity index (χ4n) is 2.46. The summed E-state index contributed by atoms with van der Waals surface area (Å²) in [5.74, 6) is -2.60. The van der Waals surface area contributed by atoms with Crippen molar-refractivity contribution in [3.8, 4) is 11.4 Å². The summed E-state index contributed by atoms with van der Waals surface area (Å²) in [4.78, 5) is 12.1. The summed E-state index contributed by atoms with van der Waals surface area (Å²) in [6.45, 7) is 1.38. The van der Waals surface area contributed by atoms with E-state index >= 15 is 0 Å². The Hall–Kier alpha value is -3.05. The zero-order chi connectivity index (χ0) is 21.3. The van der Waals surface area contributed by atoms with Crippen LogP contribution in [0.3, 0.4) is 0 Å². The highest BCUT2D eigenvalue weighted by atomic mass is 35.5. The van der Waals surface area contributed by atoms with Gasteiger partial charge in [-0.3, -0.25) is 4.79 Å². The third-order valence-corrected chi connectivity index (χ3v) is 5.72. The molecular formula is C17H13ClF2N4O4S. The van der Waals surface area contributed by atoms with E-state index in [-0.39, 0.29) is 32.7 Å². The average Bonchev–Trinajstić information content (AvgIpc) is 3.03.